The van der Waals surface area contributed by atoms with E-state index in [1.54, 1.807) is 0 Å². The Labute approximate surface area is 131 Å². The Morgan fingerprint density at radius 2 is 1.70 bits per heavy atom. The van der Waals surface area contributed by atoms with Crippen molar-refractivity contribution in [2.24, 2.45) is 5.73 Å². The number of nitrogens with zero attached hydrogens (tertiary/aromatic N) is 1. The highest BCUT2D eigenvalue weighted by atomic mass is 19.1. The molecule has 1 unspecified atom stereocenters. The van der Waals surface area contributed by atoms with Crippen LogP contribution in [0.2, 0.25) is 0 Å². The molecule has 23 heavy (non-hydrogen) atoms. The predicted molar refractivity (Wildman–Crippen MR) is 78.8 cm³/mol. The standard InChI is InChI=1S/C16H17F3N2O2/c1-16(2,23)11-12(18)14(8-3-5-9(17)6-4-8)21-15(13(11)19)10(22)7-20/h3-6,10,22-23H,7,20H2,1-2H3. The van der Waals surface area contributed by atoms with Gasteiger partial charge in [-0.3, -0.25) is 0 Å². The van der Waals surface area contributed by atoms with Crippen molar-refractivity contribution in [2.75, 3.05) is 6.54 Å². The first-order chi connectivity index (χ1) is 10.7. The van der Waals surface area contributed by atoms with E-state index in [4.69, 9.17) is 5.73 Å². The molecule has 0 radical (unpaired) electrons. The molecule has 2 aromatic rings. The van der Waals surface area contributed by atoms with E-state index in [2.05, 4.69) is 4.98 Å². The molecule has 0 fully saturated rings. The third kappa shape index (κ3) is 3.36. The van der Waals surface area contributed by atoms with Crippen LogP contribution >= 0.6 is 0 Å². The number of hydrogen-bond acceptors (Lipinski definition) is 4. The Morgan fingerprint density at radius 1 is 1.13 bits per heavy atom. The zero-order valence-corrected chi connectivity index (χ0v) is 12.6. The number of hydrogen-bond donors (Lipinski definition) is 3. The van der Waals surface area contributed by atoms with Crippen molar-refractivity contribution in [1.29, 1.82) is 0 Å². The van der Waals surface area contributed by atoms with Gasteiger partial charge < -0.3 is 15.9 Å². The van der Waals surface area contributed by atoms with Crippen molar-refractivity contribution in [3.8, 4) is 11.3 Å². The van der Waals surface area contributed by atoms with Gasteiger partial charge in [0.25, 0.3) is 0 Å². The van der Waals surface area contributed by atoms with Crippen LogP contribution in [0.15, 0.2) is 24.3 Å². The monoisotopic (exact) mass is 326 g/mol. The van der Waals surface area contributed by atoms with Crippen LogP contribution in [0.25, 0.3) is 11.3 Å². The molecule has 1 aromatic carbocycles. The summed E-state index contributed by atoms with van der Waals surface area (Å²) in [5, 5.41) is 19.9. The van der Waals surface area contributed by atoms with Crippen molar-refractivity contribution in [1.82, 2.24) is 4.98 Å². The fourth-order valence-electron chi connectivity index (χ4n) is 2.23. The summed E-state index contributed by atoms with van der Waals surface area (Å²) in [6.07, 6.45) is -1.46. The fraction of sp³-hybridized carbons (Fsp3) is 0.312. The maximum absolute atomic E-state index is 14.7. The molecule has 124 valence electrons. The second-order valence-corrected chi connectivity index (χ2v) is 5.67. The van der Waals surface area contributed by atoms with Gasteiger partial charge in [0.1, 0.15) is 23.3 Å². The van der Waals surface area contributed by atoms with Crippen molar-refractivity contribution >= 4 is 0 Å². The van der Waals surface area contributed by atoms with Gasteiger partial charge in [-0.25, -0.2) is 18.2 Å². The number of aromatic nitrogens is 1. The number of nitrogens with two attached hydrogens (primary N) is 1. The lowest BCUT2D eigenvalue weighted by molar-refractivity contribution is 0.0688. The average Bonchev–Trinajstić information content (AvgIpc) is 2.46. The Bertz CT molecular complexity index is 713. The molecular formula is C16H17F3N2O2. The number of halogens is 3. The van der Waals surface area contributed by atoms with E-state index in [-0.39, 0.29) is 17.8 Å². The lowest BCUT2D eigenvalue weighted by Crippen LogP contribution is -2.25. The molecule has 1 aromatic heterocycles. The lowest BCUT2D eigenvalue weighted by atomic mass is 9.93. The molecule has 7 heteroatoms. The van der Waals surface area contributed by atoms with Crippen LogP contribution in [0.1, 0.15) is 31.2 Å². The Balaban J connectivity index is 2.79. The summed E-state index contributed by atoms with van der Waals surface area (Å²) in [6, 6.07) is 4.74. The maximum atomic E-state index is 14.7. The normalized spacial score (nSPS) is 13.2. The summed E-state index contributed by atoms with van der Waals surface area (Å²) in [5.74, 6) is -2.76. The molecule has 0 saturated heterocycles. The van der Waals surface area contributed by atoms with Gasteiger partial charge in [-0.1, -0.05) is 0 Å². The molecule has 0 aliphatic rings. The highest BCUT2D eigenvalue weighted by Gasteiger charge is 2.32. The molecule has 4 N–H and O–H groups in total. The first kappa shape index (κ1) is 17.4. The number of aliphatic hydroxyl groups excluding tert-OH is 1. The highest BCUT2D eigenvalue weighted by molar-refractivity contribution is 5.62. The molecular weight excluding hydrogens is 309 g/mol. The molecule has 1 atom stereocenters. The van der Waals surface area contributed by atoms with E-state index in [0.717, 1.165) is 12.1 Å². The smallest absolute Gasteiger partial charge is 0.158 e. The van der Waals surface area contributed by atoms with Gasteiger partial charge in [0, 0.05) is 12.1 Å². The van der Waals surface area contributed by atoms with Crippen LogP contribution in [0.5, 0.6) is 0 Å². The van der Waals surface area contributed by atoms with Gasteiger partial charge in [-0.15, -0.1) is 0 Å². The maximum Gasteiger partial charge on any atom is 0.158 e. The predicted octanol–water partition coefficient (Wildman–Crippen LogP) is 2.39. The van der Waals surface area contributed by atoms with Gasteiger partial charge in [0.05, 0.1) is 11.2 Å². The van der Waals surface area contributed by atoms with Crippen LogP contribution in [-0.4, -0.2) is 21.7 Å². The van der Waals surface area contributed by atoms with E-state index in [1.165, 1.54) is 26.0 Å². The van der Waals surface area contributed by atoms with Crippen molar-refractivity contribution in [3.05, 3.63) is 53.0 Å². The summed E-state index contributed by atoms with van der Waals surface area (Å²) >= 11 is 0. The second-order valence-electron chi connectivity index (χ2n) is 5.67. The van der Waals surface area contributed by atoms with Gasteiger partial charge in [-0.05, 0) is 38.1 Å². The summed E-state index contributed by atoms with van der Waals surface area (Å²) < 4.78 is 42.2. The van der Waals surface area contributed by atoms with E-state index >= 15 is 0 Å². The molecule has 0 spiro atoms. The summed E-state index contributed by atoms with van der Waals surface area (Å²) in [6.45, 7) is 2.09. The largest absolute Gasteiger partial charge is 0.386 e. The Hall–Kier alpha value is -1.96. The molecule has 0 saturated carbocycles. The van der Waals surface area contributed by atoms with Crippen LogP contribution in [0, 0.1) is 17.5 Å². The minimum atomic E-state index is -1.85. The SMILES string of the molecule is CC(C)(O)c1c(F)c(-c2ccc(F)cc2)nc(C(O)CN)c1F. The van der Waals surface area contributed by atoms with E-state index in [9.17, 15) is 23.4 Å². The van der Waals surface area contributed by atoms with Gasteiger partial charge in [-0.2, -0.15) is 0 Å². The Morgan fingerprint density at radius 3 is 2.17 bits per heavy atom. The summed E-state index contributed by atoms with van der Waals surface area (Å²) in [5.41, 5.74) is 2.25. The quantitative estimate of drug-likeness (QED) is 0.806. The topological polar surface area (TPSA) is 79.4 Å². The van der Waals surface area contributed by atoms with Gasteiger partial charge in [0.2, 0.25) is 0 Å². The van der Waals surface area contributed by atoms with E-state index in [1.807, 2.05) is 0 Å². The van der Waals surface area contributed by atoms with Crippen molar-refractivity contribution in [3.63, 3.8) is 0 Å². The van der Waals surface area contributed by atoms with Crippen molar-refractivity contribution in [2.45, 2.75) is 25.6 Å². The minimum Gasteiger partial charge on any atom is -0.386 e. The first-order valence-corrected chi connectivity index (χ1v) is 6.92. The second kappa shape index (κ2) is 6.27. The number of pyridine rings is 1. The molecule has 1 heterocycles. The van der Waals surface area contributed by atoms with Crippen LogP contribution in [0.3, 0.4) is 0 Å². The minimum absolute atomic E-state index is 0.180. The number of aliphatic hydroxyl groups is 2. The summed E-state index contributed by atoms with van der Waals surface area (Å²) in [4.78, 5) is 3.80. The molecule has 0 aliphatic carbocycles. The zero-order valence-electron chi connectivity index (χ0n) is 12.6. The van der Waals surface area contributed by atoms with Crippen LogP contribution in [0.4, 0.5) is 13.2 Å². The molecule has 0 aliphatic heterocycles. The van der Waals surface area contributed by atoms with Gasteiger partial charge >= 0.3 is 0 Å². The molecule has 2 rings (SSSR count). The van der Waals surface area contributed by atoms with E-state index in [0.29, 0.717) is 0 Å². The molecule has 0 amide bonds. The number of benzene rings is 1. The first-order valence-electron chi connectivity index (χ1n) is 6.92. The van der Waals surface area contributed by atoms with Gasteiger partial charge in [0.15, 0.2) is 11.6 Å². The van der Waals surface area contributed by atoms with Crippen molar-refractivity contribution < 1.29 is 23.4 Å². The zero-order chi connectivity index (χ0) is 17.4. The molecule has 4 nitrogen and oxygen atoms in total. The third-order valence-electron chi connectivity index (χ3n) is 3.37. The molecule has 0 bridgehead atoms. The Kier molecular flexibility index (Phi) is 4.74. The van der Waals surface area contributed by atoms with E-state index < -0.39 is 40.4 Å². The number of rotatable bonds is 4. The highest BCUT2D eigenvalue weighted by Crippen LogP contribution is 2.34. The van der Waals surface area contributed by atoms with Crippen LogP contribution < -0.4 is 5.73 Å². The fourth-order valence-corrected chi connectivity index (χ4v) is 2.23. The lowest BCUT2D eigenvalue weighted by Gasteiger charge is -2.23. The summed E-state index contributed by atoms with van der Waals surface area (Å²) in [7, 11) is 0. The average molecular weight is 326 g/mol. The van der Waals surface area contributed by atoms with Crippen LogP contribution in [-0.2, 0) is 5.60 Å². The third-order valence-corrected chi connectivity index (χ3v) is 3.37.